The molecule has 4 heteroatoms. The molecule has 0 aliphatic rings. The molecule has 0 aliphatic heterocycles. The van der Waals surface area contributed by atoms with Crippen LogP contribution >= 0.6 is 23.3 Å². The van der Waals surface area contributed by atoms with Crippen LogP contribution in [0.1, 0.15) is 0 Å². The molecule has 0 saturated carbocycles. The summed E-state index contributed by atoms with van der Waals surface area (Å²) >= 11 is 6.44. The molecule has 0 saturated heterocycles. The zero-order valence-corrected chi connectivity index (χ0v) is 3.18. The maximum atomic E-state index is 3.22. The van der Waals surface area contributed by atoms with Crippen molar-refractivity contribution in [3.8, 4) is 0 Å². The van der Waals surface area contributed by atoms with Crippen molar-refractivity contribution >= 4 is 74.7 Å². The molecule has 0 unspecified atom stereocenters. The van der Waals surface area contributed by atoms with Crippen LogP contribution in [0.2, 0.25) is 0 Å². The topological polar surface area (TPSA) is 31.5 Å². The first-order valence-electron chi connectivity index (χ1n) is 0.200. The van der Waals surface area contributed by atoms with Crippen LogP contribution in [0.5, 0.6) is 0 Å². The summed E-state index contributed by atoms with van der Waals surface area (Å²) in [4.78, 5) is 0. The third kappa shape index (κ3) is 8.85. The van der Waals surface area contributed by atoms with Crippen LogP contribution < -0.4 is 0 Å². The summed E-state index contributed by atoms with van der Waals surface area (Å²) in [5.74, 6) is 0. The van der Waals surface area contributed by atoms with Gasteiger partial charge in [-0.1, -0.05) is 0 Å². The fraction of sp³-hybridized carbons (Fsp3) is 0. The zero-order chi connectivity index (χ0) is 2.00. The Labute approximate surface area is 78.5 Å². The predicted molar refractivity (Wildman–Crippen MR) is 28.7 cm³/mol. The normalized spacial score (nSPS) is 1.50. The molecule has 0 aromatic rings. The molecular weight excluding hydrogens is 119 g/mol. The van der Waals surface area contributed by atoms with Crippen molar-refractivity contribution < 1.29 is 5.48 Å². The van der Waals surface area contributed by atoms with Crippen LogP contribution in [-0.4, -0.2) is 56.9 Å². The van der Waals surface area contributed by atoms with Gasteiger partial charge in [-0.2, -0.15) is 0 Å². The molecule has 0 atom stereocenters. The molecule has 0 spiro atoms. The van der Waals surface area contributed by atoms with Gasteiger partial charge in [-0.05, 0) is 0 Å². The van der Waals surface area contributed by atoms with E-state index in [9.17, 15) is 0 Å². The first-order valence-corrected chi connectivity index (χ1v) is 1.80. The van der Waals surface area contributed by atoms with E-state index in [0.717, 1.165) is 0 Å². The van der Waals surface area contributed by atoms with E-state index >= 15 is 0 Å². The number of rotatable bonds is 0. The third-order valence-electron chi connectivity index (χ3n) is 0. The molecule has 2 N–H and O–H groups in total. The van der Waals surface area contributed by atoms with E-state index in [0.29, 0.717) is 0 Å². The molecule has 0 bridgehead atoms. The van der Waals surface area contributed by atoms with Gasteiger partial charge >= 0.3 is 51.4 Å². The molecule has 4 heavy (non-hydrogen) atoms. The Hall–Kier alpha value is 2.30. The Kier molecular flexibility index (Phi) is 75.3. The van der Waals surface area contributed by atoms with Crippen LogP contribution in [0.15, 0.2) is 0 Å². The molecule has 0 aromatic heterocycles. The molecule has 0 radical (unpaired) electrons. The summed E-state index contributed by atoms with van der Waals surface area (Å²) in [7, 11) is 0. The zero-order valence-electron chi connectivity index (χ0n) is 1.39. The van der Waals surface area contributed by atoms with Gasteiger partial charge in [0.05, 0.1) is 0 Å². The summed E-state index contributed by atoms with van der Waals surface area (Å²) in [5, 5.41) is 0. The quantitative estimate of drug-likeness (QED) is 0.243. The second kappa shape index (κ2) is 18.5. The summed E-state index contributed by atoms with van der Waals surface area (Å²) < 4.78 is 0. The first kappa shape index (κ1) is 16.3. The minimum absolute atomic E-state index is 0. The molecular formula is H5KOS2. The van der Waals surface area contributed by atoms with Gasteiger partial charge in [0.1, 0.15) is 0 Å². The minimum atomic E-state index is 0. The monoisotopic (exact) mass is 124 g/mol. The van der Waals surface area contributed by atoms with E-state index < -0.39 is 0 Å². The Bertz CT molecular complexity index is 6.00. The van der Waals surface area contributed by atoms with Crippen molar-refractivity contribution in [2.75, 3.05) is 0 Å². The van der Waals surface area contributed by atoms with E-state index in [2.05, 4.69) is 23.3 Å². The molecule has 0 aliphatic carbocycles. The molecule has 0 rings (SSSR count). The molecule has 1 nitrogen and oxygen atoms in total. The van der Waals surface area contributed by atoms with Gasteiger partial charge in [0.2, 0.25) is 0 Å². The van der Waals surface area contributed by atoms with Crippen LogP contribution in [0.25, 0.3) is 0 Å². The first-order chi connectivity index (χ1) is 1.00. The summed E-state index contributed by atoms with van der Waals surface area (Å²) in [6.45, 7) is 0. The van der Waals surface area contributed by atoms with E-state index in [-0.39, 0.29) is 56.9 Å². The number of hydrogen-bond donors (Lipinski definition) is 2. The van der Waals surface area contributed by atoms with Crippen molar-refractivity contribution in [3.63, 3.8) is 0 Å². The van der Waals surface area contributed by atoms with Crippen molar-refractivity contribution in [1.82, 2.24) is 0 Å². The Morgan fingerprint density at radius 3 is 1.00 bits per heavy atom. The second-order valence-electron chi connectivity index (χ2n) is 0. The van der Waals surface area contributed by atoms with Crippen molar-refractivity contribution in [2.45, 2.75) is 0 Å². The van der Waals surface area contributed by atoms with Crippen molar-refractivity contribution in [3.05, 3.63) is 0 Å². The van der Waals surface area contributed by atoms with E-state index in [1.807, 2.05) is 0 Å². The average Bonchev–Trinajstić information content (AvgIpc) is 1.00. The molecule has 0 amide bonds. The molecule has 24 valence electrons. The summed E-state index contributed by atoms with van der Waals surface area (Å²) in [6.07, 6.45) is 0. The van der Waals surface area contributed by atoms with Crippen molar-refractivity contribution in [1.29, 1.82) is 0 Å². The molecule has 0 fully saturated rings. The third-order valence-corrected chi connectivity index (χ3v) is 0. The van der Waals surface area contributed by atoms with Crippen LogP contribution in [-0.2, 0) is 0 Å². The number of thiol groups is 2. The fourth-order valence-corrected chi connectivity index (χ4v) is 0. The number of hydrogen-bond acceptors (Lipinski definition) is 2. The summed E-state index contributed by atoms with van der Waals surface area (Å²) in [6, 6.07) is 0. The van der Waals surface area contributed by atoms with Gasteiger partial charge in [0.15, 0.2) is 0 Å². The molecule has 0 aromatic carbocycles. The van der Waals surface area contributed by atoms with E-state index in [1.54, 1.807) is 0 Å². The van der Waals surface area contributed by atoms with Gasteiger partial charge in [-0.25, -0.2) is 0 Å². The average molecular weight is 124 g/mol. The standard InChI is InChI=1S/K.H2O.H2S2.H/c;;1-2;/h;1H2;1-2H;. The van der Waals surface area contributed by atoms with Gasteiger partial charge in [-0.3, -0.25) is 0 Å². The van der Waals surface area contributed by atoms with Crippen LogP contribution in [0.4, 0.5) is 0 Å². The predicted octanol–water partition coefficient (Wildman–Crippen LogP) is -0.712. The van der Waals surface area contributed by atoms with Crippen LogP contribution in [0.3, 0.4) is 0 Å². The van der Waals surface area contributed by atoms with Gasteiger partial charge in [0.25, 0.3) is 0 Å². The Balaban J connectivity index is -0.00000000500. The Morgan fingerprint density at radius 2 is 1.00 bits per heavy atom. The van der Waals surface area contributed by atoms with E-state index in [4.69, 9.17) is 0 Å². The van der Waals surface area contributed by atoms with Gasteiger partial charge in [0, 0.05) is 0 Å². The van der Waals surface area contributed by atoms with Crippen molar-refractivity contribution in [2.24, 2.45) is 0 Å². The molecule has 0 heterocycles. The van der Waals surface area contributed by atoms with Gasteiger partial charge < -0.3 is 5.48 Å². The van der Waals surface area contributed by atoms with Crippen LogP contribution in [0, 0.1) is 0 Å². The SMILES string of the molecule is O.SS.[KH]. The Morgan fingerprint density at radius 1 is 1.00 bits per heavy atom. The second-order valence-corrected chi connectivity index (χ2v) is 0. The maximum absolute atomic E-state index is 3.22. The summed E-state index contributed by atoms with van der Waals surface area (Å²) in [5.41, 5.74) is 0. The fourth-order valence-electron chi connectivity index (χ4n) is 0. The van der Waals surface area contributed by atoms with E-state index in [1.165, 1.54) is 0 Å². The van der Waals surface area contributed by atoms with Gasteiger partial charge in [-0.15, -0.1) is 23.3 Å².